The van der Waals surface area contributed by atoms with E-state index in [0.29, 0.717) is 23.9 Å². The molecule has 0 amide bonds. The molecule has 190 valence electrons. The number of pyridine rings is 1. The van der Waals surface area contributed by atoms with Crippen LogP contribution in [0.15, 0.2) is 48.8 Å². The fourth-order valence-corrected chi connectivity index (χ4v) is 4.58. The van der Waals surface area contributed by atoms with Crippen LogP contribution in [0.2, 0.25) is 23.2 Å². The Labute approximate surface area is 215 Å². The van der Waals surface area contributed by atoms with Crippen molar-refractivity contribution in [2.75, 3.05) is 5.32 Å². The molecule has 35 heavy (non-hydrogen) atoms. The summed E-state index contributed by atoms with van der Waals surface area (Å²) in [5.74, 6) is 0.761. The van der Waals surface area contributed by atoms with E-state index in [4.69, 9.17) is 16.0 Å². The van der Waals surface area contributed by atoms with E-state index in [2.05, 4.69) is 80.4 Å². The summed E-state index contributed by atoms with van der Waals surface area (Å²) in [7, 11) is -1.85. The number of nitrogens with one attached hydrogen (secondary N) is 3. The topological polar surface area (TPSA) is 82.2 Å². The molecule has 2 heterocycles. The number of anilines is 1. The zero-order valence-electron chi connectivity index (χ0n) is 21.9. The number of halogens is 1. The monoisotopic (exact) mass is 514 g/mol. The lowest BCUT2D eigenvalue weighted by Crippen LogP contribution is -2.40. The van der Waals surface area contributed by atoms with Gasteiger partial charge in [-0.2, -0.15) is 0 Å². The predicted octanol–water partition coefficient (Wildman–Crippen LogP) is 6.85. The molecular formula is C27H39ClN4O2Si. The molecule has 0 aliphatic heterocycles. The van der Waals surface area contributed by atoms with Crippen molar-refractivity contribution in [3.63, 3.8) is 0 Å². The van der Waals surface area contributed by atoms with Crippen LogP contribution >= 0.6 is 11.6 Å². The van der Waals surface area contributed by atoms with Gasteiger partial charge in [0.1, 0.15) is 12.0 Å². The molecule has 2 aromatic heterocycles. The van der Waals surface area contributed by atoms with Gasteiger partial charge in [-0.25, -0.2) is 4.98 Å². The van der Waals surface area contributed by atoms with Crippen molar-refractivity contribution in [1.29, 1.82) is 0 Å². The fourth-order valence-electron chi connectivity index (χ4n) is 3.42. The third-order valence-electron chi connectivity index (χ3n) is 6.60. The second kappa shape index (κ2) is 11.3. The minimum absolute atomic E-state index is 0.158. The number of rotatable bonds is 10. The first-order valence-corrected chi connectivity index (χ1v) is 15.4. The number of hydrogen-bond donors (Lipinski definition) is 4. The quantitative estimate of drug-likeness (QED) is 0.175. The van der Waals surface area contributed by atoms with Crippen molar-refractivity contribution in [1.82, 2.24) is 15.3 Å². The molecule has 0 aliphatic rings. The van der Waals surface area contributed by atoms with E-state index in [9.17, 15) is 5.11 Å². The first kappa shape index (κ1) is 27.4. The van der Waals surface area contributed by atoms with Crippen LogP contribution in [0.25, 0.3) is 11.1 Å². The molecule has 3 rings (SSSR count). The Bertz CT molecular complexity index is 1120. The normalized spacial score (nSPS) is 13.3. The fraction of sp³-hybridized carbons (Fsp3) is 0.444. The van der Waals surface area contributed by atoms with E-state index in [0.717, 1.165) is 28.1 Å². The third-order valence-corrected chi connectivity index (χ3v) is 11.4. The molecule has 6 nitrogen and oxygen atoms in total. The highest BCUT2D eigenvalue weighted by Gasteiger charge is 2.37. The van der Waals surface area contributed by atoms with Crippen LogP contribution in [-0.2, 0) is 17.6 Å². The lowest BCUT2D eigenvalue weighted by Gasteiger charge is -2.36. The summed E-state index contributed by atoms with van der Waals surface area (Å²) in [4.78, 5) is 7.51. The summed E-state index contributed by atoms with van der Waals surface area (Å²) in [6.07, 6.45) is 2.64. The number of benzene rings is 1. The molecule has 0 saturated heterocycles. The first-order valence-electron chi connectivity index (χ1n) is 12.1. The van der Waals surface area contributed by atoms with Crippen LogP contribution in [0.5, 0.6) is 0 Å². The molecule has 0 radical (unpaired) electrons. The van der Waals surface area contributed by atoms with Gasteiger partial charge in [0.05, 0.1) is 17.3 Å². The SMILES string of the molecule is CC(C)Nc1cc(-c2c[nH]c(C(O)NCc3ccccc3CO[Si](C)(C)C(C)(C)C)c2)c(Cl)cn1. The Morgan fingerprint density at radius 3 is 2.49 bits per heavy atom. The summed E-state index contributed by atoms with van der Waals surface area (Å²) < 4.78 is 6.43. The molecular weight excluding hydrogens is 476 g/mol. The van der Waals surface area contributed by atoms with Gasteiger partial charge in [-0.15, -0.1) is 0 Å². The first-order chi connectivity index (χ1) is 16.4. The zero-order chi connectivity index (χ0) is 25.8. The average molecular weight is 515 g/mol. The Balaban J connectivity index is 1.68. The van der Waals surface area contributed by atoms with Crippen molar-refractivity contribution in [3.8, 4) is 11.1 Å². The maximum absolute atomic E-state index is 10.8. The van der Waals surface area contributed by atoms with Gasteiger partial charge in [0.15, 0.2) is 8.32 Å². The highest BCUT2D eigenvalue weighted by molar-refractivity contribution is 6.74. The second-order valence-corrected chi connectivity index (χ2v) is 16.0. The Morgan fingerprint density at radius 1 is 1.14 bits per heavy atom. The smallest absolute Gasteiger partial charge is 0.192 e. The third kappa shape index (κ3) is 7.18. The van der Waals surface area contributed by atoms with Gasteiger partial charge < -0.3 is 19.8 Å². The molecule has 0 aliphatic carbocycles. The number of aliphatic hydroxyl groups is 1. The molecule has 0 saturated carbocycles. The van der Waals surface area contributed by atoms with Crippen molar-refractivity contribution >= 4 is 25.7 Å². The molecule has 1 unspecified atom stereocenters. The van der Waals surface area contributed by atoms with Crippen LogP contribution in [-0.4, -0.2) is 29.4 Å². The van der Waals surface area contributed by atoms with Crippen molar-refractivity contribution in [2.24, 2.45) is 0 Å². The van der Waals surface area contributed by atoms with E-state index >= 15 is 0 Å². The van der Waals surface area contributed by atoms with Gasteiger partial charge in [0.2, 0.25) is 0 Å². The Hall–Kier alpha value is -2.16. The van der Waals surface area contributed by atoms with Gasteiger partial charge >= 0.3 is 0 Å². The van der Waals surface area contributed by atoms with E-state index in [1.54, 1.807) is 6.20 Å². The number of aromatic nitrogens is 2. The number of H-pyrrole nitrogens is 1. The highest BCUT2D eigenvalue weighted by Crippen LogP contribution is 2.37. The van der Waals surface area contributed by atoms with Gasteiger partial charge in [-0.05, 0) is 55.2 Å². The average Bonchev–Trinajstić information content (AvgIpc) is 3.27. The number of nitrogens with zero attached hydrogens (tertiary/aromatic N) is 1. The summed E-state index contributed by atoms with van der Waals surface area (Å²) in [6, 6.07) is 12.3. The molecule has 4 N–H and O–H groups in total. The van der Waals surface area contributed by atoms with Crippen LogP contribution in [0.1, 0.15) is 57.7 Å². The molecule has 1 aromatic carbocycles. The summed E-state index contributed by atoms with van der Waals surface area (Å²) in [5, 5.41) is 18.0. The number of aromatic amines is 1. The summed E-state index contributed by atoms with van der Waals surface area (Å²) in [5.41, 5.74) is 4.66. The zero-order valence-corrected chi connectivity index (χ0v) is 23.6. The van der Waals surface area contributed by atoms with Crippen LogP contribution in [0.3, 0.4) is 0 Å². The molecule has 1 atom stereocenters. The second-order valence-electron chi connectivity index (χ2n) is 10.8. The van der Waals surface area contributed by atoms with Gasteiger partial charge in [-0.3, -0.25) is 5.32 Å². The predicted molar refractivity (Wildman–Crippen MR) is 148 cm³/mol. The standard InChI is InChI=1S/C27H39ClN4O2Si/c1-18(2)32-25-13-22(23(28)16-30-25)21-12-24(29-15-21)26(33)31-14-19-10-8-9-11-20(19)17-34-35(6,7)27(3,4)5/h8-13,15-16,18,26,29,31,33H,14,17H2,1-7H3,(H,30,32). The van der Waals surface area contributed by atoms with Crippen molar-refractivity contribution in [2.45, 2.75) is 78.2 Å². The largest absolute Gasteiger partial charge is 0.413 e. The maximum atomic E-state index is 10.8. The van der Waals surface area contributed by atoms with E-state index in [-0.39, 0.29) is 11.1 Å². The maximum Gasteiger partial charge on any atom is 0.192 e. The minimum atomic E-state index is -1.85. The lowest BCUT2D eigenvalue weighted by molar-refractivity contribution is 0.133. The molecule has 0 bridgehead atoms. The van der Waals surface area contributed by atoms with E-state index in [1.807, 2.05) is 30.5 Å². The summed E-state index contributed by atoms with van der Waals surface area (Å²) >= 11 is 6.41. The minimum Gasteiger partial charge on any atom is -0.413 e. The molecule has 0 fully saturated rings. The Morgan fingerprint density at radius 2 is 1.83 bits per heavy atom. The van der Waals surface area contributed by atoms with Crippen LogP contribution in [0, 0.1) is 0 Å². The lowest BCUT2D eigenvalue weighted by atomic mass is 10.1. The van der Waals surface area contributed by atoms with Crippen molar-refractivity contribution < 1.29 is 9.53 Å². The Kier molecular flexibility index (Phi) is 8.83. The van der Waals surface area contributed by atoms with E-state index in [1.165, 1.54) is 0 Å². The van der Waals surface area contributed by atoms with Gasteiger partial charge in [0, 0.05) is 36.1 Å². The van der Waals surface area contributed by atoms with Crippen LogP contribution in [0.4, 0.5) is 5.82 Å². The molecule has 3 aromatic rings. The van der Waals surface area contributed by atoms with Gasteiger partial charge in [0.25, 0.3) is 0 Å². The van der Waals surface area contributed by atoms with E-state index < -0.39 is 14.5 Å². The number of aliphatic hydroxyl groups excluding tert-OH is 1. The van der Waals surface area contributed by atoms with Crippen molar-refractivity contribution in [3.05, 3.63) is 70.6 Å². The summed E-state index contributed by atoms with van der Waals surface area (Å²) in [6.45, 7) is 16.5. The van der Waals surface area contributed by atoms with Crippen LogP contribution < -0.4 is 10.6 Å². The highest BCUT2D eigenvalue weighted by atomic mass is 35.5. The number of hydrogen-bond acceptors (Lipinski definition) is 5. The van der Waals surface area contributed by atoms with Gasteiger partial charge in [-0.1, -0.05) is 56.6 Å². The molecule has 8 heteroatoms. The molecule has 0 spiro atoms.